The molecule has 0 amide bonds. The highest BCUT2D eigenvalue weighted by molar-refractivity contribution is 4.88. The first-order valence-corrected chi connectivity index (χ1v) is 5.28. The van der Waals surface area contributed by atoms with Crippen molar-refractivity contribution in [1.29, 1.82) is 0 Å². The summed E-state index contributed by atoms with van der Waals surface area (Å²) < 4.78 is 10.8. The topological polar surface area (TPSA) is 60.2 Å². The molecule has 0 aliphatic carbocycles. The Morgan fingerprint density at radius 3 is 2.67 bits per heavy atom. The van der Waals surface area contributed by atoms with E-state index >= 15 is 0 Å². The van der Waals surface area contributed by atoms with Crippen LogP contribution in [0, 0.1) is 0 Å². The molecule has 0 aliphatic rings. The van der Waals surface area contributed by atoms with E-state index < -0.39 is 0 Å². The van der Waals surface area contributed by atoms with Crippen LogP contribution in [-0.4, -0.2) is 23.3 Å². The van der Waals surface area contributed by atoms with Gasteiger partial charge in [0.25, 0.3) is 0 Å². The van der Waals surface area contributed by atoms with Gasteiger partial charge in [0.05, 0.1) is 12.1 Å². The van der Waals surface area contributed by atoms with Gasteiger partial charge in [-0.15, -0.1) is 10.2 Å². The van der Waals surface area contributed by atoms with E-state index in [4.69, 9.17) is 9.15 Å². The molecule has 0 aromatic carbocycles. The maximum atomic E-state index is 5.47. The minimum atomic E-state index is 0.130. The van der Waals surface area contributed by atoms with Crippen molar-refractivity contribution in [3.8, 4) is 0 Å². The van der Waals surface area contributed by atoms with Gasteiger partial charge in [0.2, 0.25) is 11.8 Å². The Kier molecular flexibility index (Phi) is 4.71. The number of hydrogen-bond donors (Lipinski definition) is 1. The average Bonchev–Trinajstić information content (AvgIpc) is 2.65. The lowest BCUT2D eigenvalue weighted by molar-refractivity contribution is 0.0507. The summed E-state index contributed by atoms with van der Waals surface area (Å²) in [5.74, 6) is 1.16. The van der Waals surface area contributed by atoms with Crippen LogP contribution in [0.4, 0.5) is 0 Å². The van der Waals surface area contributed by atoms with Crippen molar-refractivity contribution in [2.24, 2.45) is 0 Å². The summed E-state index contributed by atoms with van der Waals surface area (Å²) in [4.78, 5) is 0. The highest BCUT2D eigenvalue weighted by Gasteiger charge is 2.14. The van der Waals surface area contributed by atoms with Gasteiger partial charge in [-0.3, -0.25) is 0 Å². The van der Waals surface area contributed by atoms with Gasteiger partial charge in [-0.25, -0.2) is 0 Å². The quantitative estimate of drug-likeness (QED) is 0.778. The maximum Gasteiger partial charge on any atom is 0.242 e. The van der Waals surface area contributed by atoms with Crippen LogP contribution in [0.3, 0.4) is 0 Å². The van der Waals surface area contributed by atoms with Crippen LogP contribution in [0.2, 0.25) is 0 Å². The number of ether oxygens (including phenoxy) is 1. The smallest absolute Gasteiger partial charge is 0.242 e. The van der Waals surface area contributed by atoms with Crippen molar-refractivity contribution >= 4 is 0 Å². The zero-order valence-corrected chi connectivity index (χ0v) is 9.78. The molecular formula is C10H19N3O2. The van der Waals surface area contributed by atoms with Gasteiger partial charge in [-0.2, -0.15) is 0 Å². The zero-order valence-electron chi connectivity index (χ0n) is 9.78. The van der Waals surface area contributed by atoms with Crippen molar-refractivity contribution in [3.63, 3.8) is 0 Å². The van der Waals surface area contributed by atoms with E-state index in [0.29, 0.717) is 18.4 Å². The van der Waals surface area contributed by atoms with E-state index in [-0.39, 0.29) is 12.1 Å². The molecule has 1 N–H and O–H groups in total. The summed E-state index contributed by atoms with van der Waals surface area (Å²) >= 11 is 0. The first kappa shape index (κ1) is 12.1. The fraction of sp³-hybridized carbons (Fsp3) is 0.800. The molecule has 0 aliphatic heterocycles. The molecule has 0 saturated heterocycles. The van der Waals surface area contributed by atoms with E-state index in [9.17, 15) is 0 Å². The third-order valence-electron chi connectivity index (χ3n) is 2.08. The van der Waals surface area contributed by atoms with E-state index in [1.54, 1.807) is 0 Å². The van der Waals surface area contributed by atoms with Gasteiger partial charge in [-0.05, 0) is 27.3 Å². The highest BCUT2D eigenvalue weighted by atomic mass is 16.5. The van der Waals surface area contributed by atoms with Gasteiger partial charge in [-0.1, -0.05) is 6.92 Å². The van der Waals surface area contributed by atoms with Gasteiger partial charge in [0.15, 0.2) is 0 Å². The molecule has 1 heterocycles. The molecule has 0 fully saturated rings. The molecule has 1 atom stereocenters. The number of aromatic nitrogens is 2. The average molecular weight is 213 g/mol. The lowest BCUT2D eigenvalue weighted by Gasteiger charge is -2.07. The van der Waals surface area contributed by atoms with Crippen LogP contribution in [0.25, 0.3) is 0 Å². The van der Waals surface area contributed by atoms with Crippen LogP contribution in [0.5, 0.6) is 0 Å². The highest BCUT2D eigenvalue weighted by Crippen LogP contribution is 2.14. The van der Waals surface area contributed by atoms with Crippen molar-refractivity contribution in [1.82, 2.24) is 15.5 Å². The Bertz CT molecular complexity index is 282. The lowest BCUT2D eigenvalue weighted by atomic mass is 10.2. The minimum Gasteiger partial charge on any atom is -0.421 e. The van der Waals surface area contributed by atoms with E-state index in [1.165, 1.54) is 0 Å². The zero-order chi connectivity index (χ0) is 11.3. The van der Waals surface area contributed by atoms with Gasteiger partial charge in [0, 0.05) is 0 Å². The first-order valence-electron chi connectivity index (χ1n) is 5.28. The summed E-state index contributed by atoms with van der Waals surface area (Å²) in [5, 5.41) is 11.0. The van der Waals surface area contributed by atoms with Crippen LogP contribution >= 0.6 is 0 Å². The minimum absolute atomic E-state index is 0.130. The largest absolute Gasteiger partial charge is 0.421 e. The standard InChI is InChI=1S/C10H19N3O2/c1-5-8(11-4)10-13-12-9(15-10)6-14-7(2)3/h7-8,11H,5-6H2,1-4H3. The summed E-state index contributed by atoms with van der Waals surface area (Å²) in [6, 6.07) is 0.130. The maximum absolute atomic E-state index is 5.47. The van der Waals surface area contributed by atoms with Crippen LogP contribution < -0.4 is 5.32 Å². The first-order chi connectivity index (χ1) is 7.17. The van der Waals surface area contributed by atoms with Crippen LogP contribution in [-0.2, 0) is 11.3 Å². The van der Waals surface area contributed by atoms with E-state index in [0.717, 1.165) is 6.42 Å². The summed E-state index contributed by atoms with van der Waals surface area (Å²) in [7, 11) is 1.88. The molecule has 1 unspecified atom stereocenters. The normalized spacial score (nSPS) is 13.4. The van der Waals surface area contributed by atoms with Crippen molar-refractivity contribution in [2.45, 2.75) is 45.9 Å². The Morgan fingerprint density at radius 1 is 1.40 bits per heavy atom. The molecule has 0 saturated carbocycles. The number of rotatable bonds is 6. The second-order valence-electron chi connectivity index (χ2n) is 3.64. The SMILES string of the molecule is CCC(NC)c1nnc(COC(C)C)o1. The molecule has 0 spiro atoms. The molecule has 0 bridgehead atoms. The van der Waals surface area contributed by atoms with Gasteiger partial charge < -0.3 is 14.5 Å². The number of nitrogens with one attached hydrogen (secondary N) is 1. The van der Waals surface area contributed by atoms with Crippen molar-refractivity contribution in [3.05, 3.63) is 11.8 Å². The summed E-state index contributed by atoms with van der Waals surface area (Å²) in [5.41, 5.74) is 0. The van der Waals surface area contributed by atoms with E-state index in [2.05, 4.69) is 22.4 Å². The third kappa shape index (κ3) is 3.60. The molecule has 1 aromatic heterocycles. The van der Waals surface area contributed by atoms with Crippen LogP contribution in [0.1, 0.15) is 45.0 Å². The summed E-state index contributed by atoms with van der Waals surface area (Å²) in [6.45, 7) is 6.39. The molecule has 5 heteroatoms. The predicted molar refractivity (Wildman–Crippen MR) is 56.3 cm³/mol. The molecule has 5 nitrogen and oxygen atoms in total. The summed E-state index contributed by atoms with van der Waals surface area (Å²) in [6.07, 6.45) is 1.09. The van der Waals surface area contributed by atoms with Gasteiger partial charge in [0.1, 0.15) is 6.61 Å². The monoisotopic (exact) mass is 213 g/mol. The second kappa shape index (κ2) is 5.82. The fourth-order valence-electron chi connectivity index (χ4n) is 1.21. The predicted octanol–water partition coefficient (Wildman–Crippen LogP) is 1.67. The molecule has 15 heavy (non-hydrogen) atoms. The Balaban J connectivity index is 2.55. The lowest BCUT2D eigenvalue weighted by Crippen LogP contribution is -2.15. The Hall–Kier alpha value is -0.940. The van der Waals surface area contributed by atoms with Crippen molar-refractivity contribution in [2.75, 3.05) is 7.05 Å². The molecule has 0 radical (unpaired) electrons. The second-order valence-corrected chi connectivity index (χ2v) is 3.64. The number of nitrogens with zero attached hydrogens (tertiary/aromatic N) is 2. The fourth-order valence-corrected chi connectivity index (χ4v) is 1.21. The molecular weight excluding hydrogens is 194 g/mol. The molecule has 1 rings (SSSR count). The Morgan fingerprint density at radius 2 is 2.13 bits per heavy atom. The Labute approximate surface area is 90.2 Å². The molecule has 1 aromatic rings. The van der Waals surface area contributed by atoms with E-state index in [1.807, 2.05) is 20.9 Å². The van der Waals surface area contributed by atoms with Crippen molar-refractivity contribution < 1.29 is 9.15 Å². The van der Waals surface area contributed by atoms with Crippen LogP contribution in [0.15, 0.2) is 4.42 Å². The number of hydrogen-bond acceptors (Lipinski definition) is 5. The van der Waals surface area contributed by atoms with Gasteiger partial charge >= 0.3 is 0 Å². The third-order valence-corrected chi connectivity index (χ3v) is 2.08. The molecule has 86 valence electrons.